The number of carboxylic acid groups (broad SMARTS) is 1. The fraction of sp³-hybridized carbons (Fsp3) is 0.308. The third kappa shape index (κ3) is 3.38. The first-order valence-electron chi connectivity index (χ1n) is 5.14. The zero-order valence-corrected chi connectivity index (χ0v) is 9.95. The molecule has 2 atom stereocenters. The molecule has 0 amide bonds. The summed E-state index contributed by atoms with van der Waals surface area (Å²) in [4.78, 5) is 11.1. The maximum absolute atomic E-state index is 11.1. The van der Waals surface area contributed by atoms with Crippen LogP contribution in [0, 0.1) is 11.8 Å². The molecular weight excluding hydrogens is 224 g/mol. The van der Waals surface area contributed by atoms with Crippen LogP contribution in [-0.2, 0) is 11.2 Å². The highest BCUT2D eigenvalue weighted by Gasteiger charge is 2.22. The van der Waals surface area contributed by atoms with E-state index in [2.05, 4.69) is 6.58 Å². The summed E-state index contributed by atoms with van der Waals surface area (Å²) in [7, 11) is 0. The Morgan fingerprint density at radius 3 is 2.81 bits per heavy atom. The average Bonchev–Trinajstić information content (AvgIpc) is 2.24. The predicted octanol–water partition coefficient (Wildman–Crippen LogP) is 3.41. The van der Waals surface area contributed by atoms with E-state index in [-0.39, 0.29) is 5.92 Å². The number of carboxylic acids is 1. The van der Waals surface area contributed by atoms with Crippen molar-refractivity contribution in [3.8, 4) is 0 Å². The molecule has 0 aliphatic heterocycles. The van der Waals surface area contributed by atoms with E-state index >= 15 is 0 Å². The van der Waals surface area contributed by atoms with Crippen LogP contribution in [-0.4, -0.2) is 11.1 Å². The van der Waals surface area contributed by atoms with Gasteiger partial charge in [-0.2, -0.15) is 0 Å². The summed E-state index contributed by atoms with van der Waals surface area (Å²) >= 11 is 5.85. The molecule has 1 aromatic carbocycles. The summed E-state index contributed by atoms with van der Waals surface area (Å²) in [5.74, 6) is -1.31. The van der Waals surface area contributed by atoms with Gasteiger partial charge in [-0.05, 0) is 30.0 Å². The number of hydrogen-bond donors (Lipinski definition) is 1. The lowest BCUT2D eigenvalue weighted by Crippen LogP contribution is -2.22. The molecule has 0 aromatic heterocycles. The van der Waals surface area contributed by atoms with Gasteiger partial charge in [0.2, 0.25) is 0 Å². The summed E-state index contributed by atoms with van der Waals surface area (Å²) in [5, 5.41) is 9.76. The van der Waals surface area contributed by atoms with E-state index in [1.165, 1.54) is 0 Å². The van der Waals surface area contributed by atoms with Crippen molar-refractivity contribution in [2.45, 2.75) is 13.3 Å². The zero-order chi connectivity index (χ0) is 12.1. The molecule has 0 spiro atoms. The van der Waals surface area contributed by atoms with Crippen molar-refractivity contribution in [1.29, 1.82) is 0 Å². The van der Waals surface area contributed by atoms with Gasteiger partial charge >= 0.3 is 5.97 Å². The highest BCUT2D eigenvalue weighted by atomic mass is 35.5. The van der Waals surface area contributed by atoms with Crippen LogP contribution in [0.2, 0.25) is 5.02 Å². The Hall–Kier alpha value is -1.28. The standard InChI is InChI=1S/C13H15ClO2/c1-3-9(2)12(13(15)16)8-10-5-4-6-11(14)7-10/h3-7,9,12H,1,8H2,2H3,(H,15,16). The number of rotatable bonds is 5. The molecule has 3 heteroatoms. The Balaban J connectivity index is 2.83. The number of benzene rings is 1. The molecule has 0 bridgehead atoms. The summed E-state index contributed by atoms with van der Waals surface area (Å²) in [6, 6.07) is 7.29. The number of halogens is 1. The fourth-order valence-electron chi connectivity index (χ4n) is 1.58. The number of aliphatic carboxylic acids is 1. The molecule has 0 saturated heterocycles. The highest BCUT2D eigenvalue weighted by Crippen LogP contribution is 2.20. The second-order valence-electron chi connectivity index (χ2n) is 3.87. The van der Waals surface area contributed by atoms with Gasteiger partial charge in [0.15, 0.2) is 0 Å². The molecule has 0 saturated carbocycles. The van der Waals surface area contributed by atoms with Crippen LogP contribution >= 0.6 is 11.6 Å². The Bertz CT molecular complexity index is 387. The van der Waals surface area contributed by atoms with E-state index in [1.54, 1.807) is 18.2 Å². The van der Waals surface area contributed by atoms with Gasteiger partial charge in [-0.1, -0.05) is 36.7 Å². The Morgan fingerprint density at radius 1 is 1.62 bits per heavy atom. The van der Waals surface area contributed by atoms with Gasteiger partial charge in [0.05, 0.1) is 5.92 Å². The van der Waals surface area contributed by atoms with Crippen molar-refractivity contribution < 1.29 is 9.90 Å². The van der Waals surface area contributed by atoms with E-state index in [1.807, 2.05) is 19.1 Å². The van der Waals surface area contributed by atoms with Crippen LogP contribution in [0.5, 0.6) is 0 Å². The van der Waals surface area contributed by atoms with Crippen molar-refractivity contribution in [2.75, 3.05) is 0 Å². The van der Waals surface area contributed by atoms with E-state index in [9.17, 15) is 4.79 Å². The lowest BCUT2D eigenvalue weighted by molar-refractivity contribution is -0.142. The van der Waals surface area contributed by atoms with Gasteiger partial charge in [-0.25, -0.2) is 0 Å². The van der Waals surface area contributed by atoms with Crippen LogP contribution in [0.1, 0.15) is 12.5 Å². The first kappa shape index (κ1) is 12.8. The number of hydrogen-bond acceptors (Lipinski definition) is 1. The lowest BCUT2D eigenvalue weighted by Gasteiger charge is -2.16. The van der Waals surface area contributed by atoms with Gasteiger partial charge < -0.3 is 5.11 Å². The summed E-state index contributed by atoms with van der Waals surface area (Å²) in [6.45, 7) is 5.49. The van der Waals surface area contributed by atoms with E-state index in [4.69, 9.17) is 16.7 Å². The van der Waals surface area contributed by atoms with Crippen LogP contribution in [0.4, 0.5) is 0 Å². The van der Waals surface area contributed by atoms with Gasteiger partial charge in [0.25, 0.3) is 0 Å². The first-order chi connectivity index (χ1) is 7.54. The van der Waals surface area contributed by atoms with Gasteiger partial charge in [-0.3, -0.25) is 4.79 Å². The minimum Gasteiger partial charge on any atom is -0.481 e. The maximum Gasteiger partial charge on any atom is 0.307 e. The molecule has 2 nitrogen and oxygen atoms in total. The van der Waals surface area contributed by atoms with Gasteiger partial charge in [-0.15, -0.1) is 6.58 Å². The topological polar surface area (TPSA) is 37.3 Å². The van der Waals surface area contributed by atoms with Crippen molar-refractivity contribution in [3.05, 3.63) is 47.5 Å². The summed E-state index contributed by atoms with van der Waals surface area (Å²) < 4.78 is 0. The summed E-state index contributed by atoms with van der Waals surface area (Å²) in [5.41, 5.74) is 0.939. The van der Waals surface area contributed by atoms with Crippen LogP contribution in [0.15, 0.2) is 36.9 Å². The molecule has 0 heterocycles. The van der Waals surface area contributed by atoms with Crippen molar-refractivity contribution in [3.63, 3.8) is 0 Å². The van der Waals surface area contributed by atoms with Crippen LogP contribution in [0.3, 0.4) is 0 Å². The molecule has 2 unspecified atom stereocenters. The first-order valence-corrected chi connectivity index (χ1v) is 5.52. The Labute approximate surface area is 101 Å². The van der Waals surface area contributed by atoms with Gasteiger partial charge in [0, 0.05) is 5.02 Å². The molecule has 86 valence electrons. The van der Waals surface area contributed by atoms with E-state index < -0.39 is 11.9 Å². The van der Waals surface area contributed by atoms with Crippen molar-refractivity contribution >= 4 is 17.6 Å². The Morgan fingerprint density at radius 2 is 2.31 bits per heavy atom. The predicted molar refractivity (Wildman–Crippen MR) is 65.6 cm³/mol. The molecule has 1 aromatic rings. The molecule has 16 heavy (non-hydrogen) atoms. The summed E-state index contributed by atoms with van der Waals surface area (Å²) in [6.07, 6.45) is 2.15. The minimum atomic E-state index is -0.799. The highest BCUT2D eigenvalue weighted by molar-refractivity contribution is 6.30. The van der Waals surface area contributed by atoms with Crippen molar-refractivity contribution in [1.82, 2.24) is 0 Å². The van der Waals surface area contributed by atoms with Crippen molar-refractivity contribution in [2.24, 2.45) is 11.8 Å². The second kappa shape index (κ2) is 5.71. The monoisotopic (exact) mass is 238 g/mol. The molecule has 0 aliphatic rings. The van der Waals surface area contributed by atoms with E-state index in [0.717, 1.165) is 5.56 Å². The van der Waals surface area contributed by atoms with Crippen LogP contribution in [0.25, 0.3) is 0 Å². The normalized spacial score (nSPS) is 14.1. The molecule has 0 fully saturated rings. The third-order valence-corrected chi connectivity index (χ3v) is 2.90. The molecule has 0 radical (unpaired) electrons. The van der Waals surface area contributed by atoms with Gasteiger partial charge in [0.1, 0.15) is 0 Å². The Kier molecular flexibility index (Phi) is 4.56. The molecule has 0 aliphatic carbocycles. The third-order valence-electron chi connectivity index (χ3n) is 2.67. The smallest absolute Gasteiger partial charge is 0.307 e. The minimum absolute atomic E-state index is 0.0588. The number of allylic oxidation sites excluding steroid dienone is 1. The maximum atomic E-state index is 11.1. The SMILES string of the molecule is C=CC(C)C(Cc1cccc(Cl)c1)C(=O)O. The fourth-order valence-corrected chi connectivity index (χ4v) is 1.79. The molecule has 1 N–H and O–H groups in total. The second-order valence-corrected chi connectivity index (χ2v) is 4.31. The lowest BCUT2D eigenvalue weighted by atomic mass is 9.88. The largest absolute Gasteiger partial charge is 0.481 e. The number of carbonyl (C=O) groups is 1. The molecular formula is C13H15ClO2. The quantitative estimate of drug-likeness (QED) is 0.799. The van der Waals surface area contributed by atoms with E-state index in [0.29, 0.717) is 11.4 Å². The van der Waals surface area contributed by atoms with Crippen LogP contribution < -0.4 is 0 Å². The average molecular weight is 239 g/mol. The zero-order valence-electron chi connectivity index (χ0n) is 9.19. The molecule has 1 rings (SSSR count).